The molecule has 0 aromatic carbocycles. The molecule has 0 saturated carbocycles. The molecule has 2 aromatic rings. The minimum absolute atomic E-state index is 0. The molecular formula is C13H16ClN3O. The second-order valence-corrected chi connectivity index (χ2v) is 4.42. The Balaban J connectivity index is 0.00000120. The first-order chi connectivity index (χ1) is 8.34. The van der Waals surface area contributed by atoms with Gasteiger partial charge in [0.15, 0.2) is 5.82 Å². The molecule has 0 bridgehead atoms. The Morgan fingerprint density at radius 3 is 3.00 bits per heavy atom. The number of rotatable bonds is 2. The van der Waals surface area contributed by atoms with Gasteiger partial charge < -0.3 is 9.09 Å². The van der Waals surface area contributed by atoms with Crippen LogP contribution in [0.3, 0.4) is 0 Å². The number of aryl methyl sites for hydroxylation is 1. The molecular weight excluding hydrogens is 250 g/mol. The van der Waals surface area contributed by atoms with Crippen molar-refractivity contribution in [3.05, 3.63) is 36.3 Å². The van der Waals surface area contributed by atoms with Gasteiger partial charge in [0.1, 0.15) is 0 Å². The summed E-state index contributed by atoms with van der Waals surface area (Å²) in [5.74, 6) is 1.61. The third-order valence-corrected chi connectivity index (χ3v) is 3.10. The summed E-state index contributed by atoms with van der Waals surface area (Å²) in [5, 5.41) is 3.91. The molecule has 0 saturated heterocycles. The van der Waals surface area contributed by atoms with Crippen LogP contribution in [0.25, 0.3) is 11.6 Å². The highest BCUT2D eigenvalue weighted by atomic mass is 35.5. The summed E-state index contributed by atoms with van der Waals surface area (Å²) in [6, 6.07) is 2.32. The maximum Gasteiger partial charge on any atom is 0.202 e. The van der Waals surface area contributed by atoms with Crippen molar-refractivity contribution in [2.75, 3.05) is 0 Å². The molecule has 1 aliphatic carbocycles. The standard InChI is InChI=1S/C13H15N3O.ClH/c1-10-9-12(17-15-10)13-14-7-8-16(13)11-5-3-2-4-6-11;/h3,5,7-9,11H,2,4,6H2,1H3;1H. The number of hydrogen-bond acceptors (Lipinski definition) is 3. The van der Waals surface area contributed by atoms with Crippen molar-refractivity contribution in [1.82, 2.24) is 14.7 Å². The maximum atomic E-state index is 5.28. The summed E-state index contributed by atoms with van der Waals surface area (Å²) in [7, 11) is 0. The summed E-state index contributed by atoms with van der Waals surface area (Å²) in [6.07, 6.45) is 11.9. The Morgan fingerprint density at radius 1 is 1.44 bits per heavy atom. The number of allylic oxidation sites excluding steroid dienone is 2. The Labute approximate surface area is 112 Å². The van der Waals surface area contributed by atoms with E-state index < -0.39 is 0 Å². The van der Waals surface area contributed by atoms with E-state index in [-0.39, 0.29) is 12.4 Å². The monoisotopic (exact) mass is 265 g/mol. The van der Waals surface area contributed by atoms with Crippen LogP contribution < -0.4 is 0 Å². The predicted octanol–water partition coefficient (Wildman–Crippen LogP) is 3.55. The molecule has 1 aliphatic rings. The van der Waals surface area contributed by atoms with Gasteiger partial charge in [-0.25, -0.2) is 4.98 Å². The van der Waals surface area contributed by atoms with Crippen LogP contribution in [-0.2, 0) is 0 Å². The van der Waals surface area contributed by atoms with Crippen LogP contribution in [0.1, 0.15) is 31.0 Å². The molecule has 0 spiro atoms. The lowest BCUT2D eigenvalue weighted by Gasteiger charge is -2.19. The summed E-state index contributed by atoms with van der Waals surface area (Å²) < 4.78 is 7.45. The Morgan fingerprint density at radius 2 is 2.33 bits per heavy atom. The van der Waals surface area contributed by atoms with E-state index in [1.54, 1.807) is 0 Å². The SMILES string of the molecule is Cc1cc(-c2nccn2C2C=CCCC2)on1.Cl. The minimum atomic E-state index is 0. The van der Waals surface area contributed by atoms with E-state index in [9.17, 15) is 0 Å². The first-order valence-electron chi connectivity index (χ1n) is 5.98. The van der Waals surface area contributed by atoms with Crippen LogP contribution in [0.2, 0.25) is 0 Å². The van der Waals surface area contributed by atoms with Crippen LogP contribution in [0.15, 0.2) is 35.1 Å². The second kappa shape index (κ2) is 5.40. The zero-order valence-corrected chi connectivity index (χ0v) is 11.1. The lowest BCUT2D eigenvalue weighted by Crippen LogP contribution is -2.09. The van der Waals surface area contributed by atoms with E-state index in [1.165, 1.54) is 12.8 Å². The van der Waals surface area contributed by atoms with Gasteiger partial charge in [0.25, 0.3) is 0 Å². The molecule has 1 atom stereocenters. The van der Waals surface area contributed by atoms with Crippen molar-refractivity contribution in [2.45, 2.75) is 32.2 Å². The number of hydrogen-bond donors (Lipinski definition) is 0. The van der Waals surface area contributed by atoms with Gasteiger partial charge >= 0.3 is 0 Å². The summed E-state index contributed by atoms with van der Waals surface area (Å²) >= 11 is 0. The van der Waals surface area contributed by atoms with Crippen LogP contribution in [0.5, 0.6) is 0 Å². The average Bonchev–Trinajstić information content (AvgIpc) is 2.98. The highest BCUT2D eigenvalue weighted by Gasteiger charge is 2.17. The van der Waals surface area contributed by atoms with Gasteiger partial charge in [0.2, 0.25) is 5.76 Å². The molecule has 0 fully saturated rings. The Hall–Kier alpha value is -1.55. The maximum absolute atomic E-state index is 5.28. The van der Waals surface area contributed by atoms with Crippen molar-refractivity contribution < 1.29 is 4.52 Å². The van der Waals surface area contributed by atoms with E-state index >= 15 is 0 Å². The van der Waals surface area contributed by atoms with Gasteiger partial charge in [-0.05, 0) is 26.2 Å². The van der Waals surface area contributed by atoms with E-state index in [0.29, 0.717) is 6.04 Å². The fraction of sp³-hybridized carbons (Fsp3) is 0.385. The number of halogens is 1. The molecule has 2 heterocycles. The largest absolute Gasteiger partial charge is 0.353 e. The van der Waals surface area contributed by atoms with Gasteiger partial charge in [-0.3, -0.25) is 0 Å². The third kappa shape index (κ3) is 2.34. The van der Waals surface area contributed by atoms with E-state index in [4.69, 9.17) is 4.52 Å². The van der Waals surface area contributed by atoms with Gasteiger partial charge in [0, 0.05) is 18.5 Å². The van der Waals surface area contributed by atoms with Gasteiger partial charge in [0.05, 0.1) is 11.7 Å². The molecule has 0 amide bonds. The Bertz CT molecular complexity index is 544. The topological polar surface area (TPSA) is 43.9 Å². The third-order valence-electron chi connectivity index (χ3n) is 3.10. The molecule has 18 heavy (non-hydrogen) atoms. The number of nitrogens with zero attached hydrogens (tertiary/aromatic N) is 3. The Kier molecular flexibility index (Phi) is 3.87. The quantitative estimate of drug-likeness (QED) is 0.780. The first-order valence-corrected chi connectivity index (χ1v) is 5.98. The number of imidazole rings is 1. The first kappa shape index (κ1) is 12.9. The van der Waals surface area contributed by atoms with Gasteiger partial charge in [-0.15, -0.1) is 12.4 Å². The van der Waals surface area contributed by atoms with Crippen LogP contribution in [-0.4, -0.2) is 14.7 Å². The zero-order chi connectivity index (χ0) is 11.7. The second-order valence-electron chi connectivity index (χ2n) is 4.42. The fourth-order valence-electron chi connectivity index (χ4n) is 2.27. The fourth-order valence-corrected chi connectivity index (χ4v) is 2.27. The number of aromatic nitrogens is 3. The lowest BCUT2D eigenvalue weighted by molar-refractivity contribution is 0.419. The predicted molar refractivity (Wildman–Crippen MR) is 71.7 cm³/mol. The summed E-state index contributed by atoms with van der Waals surface area (Å²) in [6.45, 7) is 1.92. The van der Waals surface area contributed by atoms with Crippen molar-refractivity contribution >= 4 is 12.4 Å². The van der Waals surface area contributed by atoms with Crippen molar-refractivity contribution in [3.8, 4) is 11.6 Å². The van der Waals surface area contributed by atoms with Crippen LogP contribution in [0, 0.1) is 6.92 Å². The molecule has 0 aliphatic heterocycles. The van der Waals surface area contributed by atoms with Crippen molar-refractivity contribution in [3.63, 3.8) is 0 Å². The van der Waals surface area contributed by atoms with E-state index in [1.807, 2.05) is 25.4 Å². The summed E-state index contributed by atoms with van der Waals surface area (Å²) in [4.78, 5) is 4.37. The highest BCUT2D eigenvalue weighted by molar-refractivity contribution is 5.85. The normalized spacial score (nSPS) is 18.6. The van der Waals surface area contributed by atoms with E-state index in [2.05, 4.69) is 26.9 Å². The van der Waals surface area contributed by atoms with Crippen LogP contribution >= 0.6 is 12.4 Å². The van der Waals surface area contributed by atoms with Gasteiger partial charge in [-0.1, -0.05) is 17.3 Å². The molecule has 96 valence electrons. The van der Waals surface area contributed by atoms with E-state index in [0.717, 1.165) is 23.7 Å². The smallest absolute Gasteiger partial charge is 0.202 e. The van der Waals surface area contributed by atoms with Crippen LogP contribution in [0.4, 0.5) is 0 Å². The molecule has 4 nitrogen and oxygen atoms in total. The van der Waals surface area contributed by atoms with Crippen molar-refractivity contribution in [1.29, 1.82) is 0 Å². The molecule has 0 radical (unpaired) electrons. The molecule has 5 heteroatoms. The molecule has 3 rings (SSSR count). The minimum Gasteiger partial charge on any atom is -0.353 e. The van der Waals surface area contributed by atoms with Crippen molar-refractivity contribution in [2.24, 2.45) is 0 Å². The summed E-state index contributed by atoms with van der Waals surface area (Å²) in [5.41, 5.74) is 0.883. The molecule has 2 aromatic heterocycles. The van der Waals surface area contributed by atoms with Gasteiger partial charge in [-0.2, -0.15) is 0 Å². The highest BCUT2D eigenvalue weighted by Crippen LogP contribution is 2.27. The molecule has 0 N–H and O–H groups in total. The zero-order valence-electron chi connectivity index (χ0n) is 10.2. The molecule has 1 unspecified atom stereocenters. The lowest BCUT2D eigenvalue weighted by atomic mass is 10.0. The average molecular weight is 266 g/mol.